The van der Waals surface area contributed by atoms with E-state index in [2.05, 4.69) is 25.8 Å². The molecule has 3 aromatic rings. The van der Waals surface area contributed by atoms with Crippen LogP contribution in [-0.4, -0.2) is 43.2 Å². The number of fused-ring (bicyclic) bond motifs is 1. The van der Waals surface area contributed by atoms with Gasteiger partial charge in [-0.25, -0.2) is 4.98 Å². The fraction of sp³-hybridized carbons (Fsp3) is 0.381. The van der Waals surface area contributed by atoms with Crippen LogP contribution in [-0.2, 0) is 4.79 Å². The Morgan fingerprint density at radius 1 is 1.17 bits per heavy atom. The van der Waals surface area contributed by atoms with Crippen LogP contribution in [0.1, 0.15) is 47.4 Å². The van der Waals surface area contributed by atoms with Gasteiger partial charge < -0.3 is 10.6 Å². The average Bonchev–Trinajstić information content (AvgIpc) is 3.36. The third-order valence-corrected chi connectivity index (χ3v) is 6.06. The minimum absolute atomic E-state index is 0.146. The molecule has 0 saturated heterocycles. The van der Waals surface area contributed by atoms with Crippen LogP contribution in [0.15, 0.2) is 35.5 Å². The number of carbonyl (C=O) groups is 2. The summed E-state index contributed by atoms with van der Waals surface area (Å²) >= 11 is 1.28. The minimum Gasteiger partial charge on any atom is -0.349 e. The first-order valence-electron chi connectivity index (χ1n) is 10.0. The Balaban J connectivity index is 1.42. The fourth-order valence-corrected chi connectivity index (χ4v) is 4.52. The molecule has 2 aromatic heterocycles. The van der Waals surface area contributed by atoms with E-state index in [1.807, 2.05) is 24.3 Å². The monoisotopic (exact) mass is 424 g/mol. The Labute approximate surface area is 178 Å². The number of amides is 2. The molecular formula is C21H24N6O2S. The molecule has 4 rings (SSSR count). The summed E-state index contributed by atoms with van der Waals surface area (Å²) < 4.78 is 1.83. The molecule has 0 spiro atoms. The quantitative estimate of drug-likeness (QED) is 0.590. The first-order valence-corrected chi connectivity index (χ1v) is 11.0. The zero-order valence-corrected chi connectivity index (χ0v) is 17.8. The minimum atomic E-state index is -0.212. The smallest absolute Gasteiger partial charge is 0.256 e. The van der Waals surface area contributed by atoms with Gasteiger partial charge in [0.25, 0.3) is 11.7 Å². The topological polar surface area (TPSA) is 101 Å². The van der Waals surface area contributed by atoms with Crippen molar-refractivity contribution in [3.8, 4) is 0 Å². The van der Waals surface area contributed by atoms with Crippen molar-refractivity contribution in [1.29, 1.82) is 0 Å². The predicted molar refractivity (Wildman–Crippen MR) is 116 cm³/mol. The number of para-hydroxylation sites is 1. The van der Waals surface area contributed by atoms with Crippen LogP contribution in [0.2, 0.25) is 0 Å². The molecule has 1 aliphatic rings. The molecule has 156 valence electrons. The van der Waals surface area contributed by atoms with Gasteiger partial charge in [0.05, 0.1) is 17.0 Å². The molecule has 2 amide bonds. The lowest BCUT2D eigenvalue weighted by atomic mass is 10.1. The zero-order chi connectivity index (χ0) is 21.1. The second-order valence-corrected chi connectivity index (χ2v) is 8.44. The highest BCUT2D eigenvalue weighted by Crippen LogP contribution is 2.22. The summed E-state index contributed by atoms with van der Waals surface area (Å²) in [5, 5.41) is 14.8. The third kappa shape index (κ3) is 4.46. The van der Waals surface area contributed by atoms with E-state index in [4.69, 9.17) is 0 Å². The molecule has 1 saturated carbocycles. The number of hydrogen-bond acceptors (Lipinski definition) is 6. The molecule has 0 aliphatic heterocycles. The van der Waals surface area contributed by atoms with Gasteiger partial charge in [-0.3, -0.25) is 14.0 Å². The van der Waals surface area contributed by atoms with Crippen molar-refractivity contribution < 1.29 is 9.59 Å². The predicted octanol–water partition coefficient (Wildman–Crippen LogP) is 3.14. The molecule has 2 heterocycles. The molecule has 2 N–H and O–H groups in total. The maximum atomic E-state index is 12.7. The Kier molecular flexibility index (Phi) is 5.98. The molecule has 1 aromatic carbocycles. The number of thioether (sulfide) groups is 1. The SMILES string of the molecule is Cc1cc(C)n2c(SCC(=O)Nc3ccccc3C(=O)NC3CCCC3)nnc2n1. The summed E-state index contributed by atoms with van der Waals surface area (Å²) in [6.45, 7) is 3.86. The van der Waals surface area contributed by atoms with Crippen LogP contribution in [0.5, 0.6) is 0 Å². The molecule has 0 atom stereocenters. The summed E-state index contributed by atoms with van der Waals surface area (Å²) in [5.41, 5.74) is 2.82. The number of hydrogen-bond donors (Lipinski definition) is 2. The summed E-state index contributed by atoms with van der Waals surface area (Å²) in [4.78, 5) is 29.6. The van der Waals surface area contributed by atoms with E-state index in [-0.39, 0.29) is 23.6 Å². The first-order chi connectivity index (χ1) is 14.5. The number of nitrogens with zero attached hydrogens (tertiary/aromatic N) is 4. The molecule has 0 unspecified atom stereocenters. The number of aromatic nitrogens is 4. The van der Waals surface area contributed by atoms with E-state index < -0.39 is 0 Å². The Hall–Kier alpha value is -2.94. The number of carbonyl (C=O) groups excluding carboxylic acids is 2. The number of aryl methyl sites for hydroxylation is 2. The largest absolute Gasteiger partial charge is 0.349 e. The molecule has 1 fully saturated rings. The number of rotatable bonds is 6. The second kappa shape index (κ2) is 8.83. The molecule has 30 heavy (non-hydrogen) atoms. The Morgan fingerprint density at radius 2 is 1.93 bits per heavy atom. The average molecular weight is 425 g/mol. The van der Waals surface area contributed by atoms with Crippen LogP contribution in [0.3, 0.4) is 0 Å². The van der Waals surface area contributed by atoms with Gasteiger partial charge >= 0.3 is 0 Å². The lowest BCUT2D eigenvalue weighted by Crippen LogP contribution is -2.33. The molecule has 0 radical (unpaired) electrons. The molecule has 0 bridgehead atoms. The molecule has 9 heteroatoms. The van der Waals surface area contributed by atoms with Crippen molar-refractivity contribution in [2.24, 2.45) is 0 Å². The standard InChI is InChI=1S/C21H24N6O2S/c1-13-11-14(2)27-20(22-13)25-26-21(27)30-12-18(28)24-17-10-6-5-9-16(17)19(29)23-15-7-3-4-8-15/h5-6,9-11,15H,3-4,7-8,12H2,1-2H3,(H,23,29)(H,24,28). The van der Waals surface area contributed by atoms with Crippen LogP contribution < -0.4 is 10.6 Å². The molecular weight excluding hydrogens is 400 g/mol. The van der Waals surface area contributed by atoms with Gasteiger partial charge in [0.2, 0.25) is 5.91 Å². The van der Waals surface area contributed by atoms with E-state index in [1.165, 1.54) is 11.8 Å². The highest BCUT2D eigenvalue weighted by atomic mass is 32.2. The molecule has 8 nitrogen and oxygen atoms in total. The van der Waals surface area contributed by atoms with E-state index in [1.54, 1.807) is 24.3 Å². The van der Waals surface area contributed by atoms with Gasteiger partial charge in [-0.05, 0) is 44.9 Å². The van der Waals surface area contributed by atoms with Crippen LogP contribution in [0, 0.1) is 13.8 Å². The third-order valence-electron chi connectivity index (χ3n) is 5.13. The van der Waals surface area contributed by atoms with E-state index in [0.717, 1.165) is 37.1 Å². The maximum absolute atomic E-state index is 12.7. The number of benzene rings is 1. The van der Waals surface area contributed by atoms with Gasteiger partial charge in [0.15, 0.2) is 5.16 Å². The first kappa shape index (κ1) is 20.3. The summed E-state index contributed by atoms with van der Waals surface area (Å²) in [6.07, 6.45) is 4.31. The van der Waals surface area contributed by atoms with Crippen molar-refractivity contribution in [3.05, 3.63) is 47.3 Å². The van der Waals surface area contributed by atoms with Crippen LogP contribution in [0.25, 0.3) is 5.78 Å². The van der Waals surface area contributed by atoms with E-state index in [9.17, 15) is 9.59 Å². The lowest BCUT2D eigenvalue weighted by Gasteiger charge is -2.15. The van der Waals surface area contributed by atoms with Gasteiger partial charge in [0, 0.05) is 17.4 Å². The summed E-state index contributed by atoms with van der Waals surface area (Å²) in [6, 6.07) is 9.25. The highest BCUT2D eigenvalue weighted by molar-refractivity contribution is 7.99. The van der Waals surface area contributed by atoms with E-state index >= 15 is 0 Å². The van der Waals surface area contributed by atoms with Crippen molar-refractivity contribution in [2.75, 3.05) is 11.1 Å². The highest BCUT2D eigenvalue weighted by Gasteiger charge is 2.20. The van der Waals surface area contributed by atoms with Gasteiger partial charge in [-0.15, -0.1) is 10.2 Å². The number of nitrogens with one attached hydrogen (secondary N) is 2. The van der Waals surface area contributed by atoms with Crippen molar-refractivity contribution in [3.63, 3.8) is 0 Å². The molecule has 1 aliphatic carbocycles. The normalized spacial score (nSPS) is 14.2. The van der Waals surface area contributed by atoms with Crippen molar-refractivity contribution >= 4 is 35.0 Å². The van der Waals surface area contributed by atoms with Crippen LogP contribution in [0.4, 0.5) is 5.69 Å². The van der Waals surface area contributed by atoms with Crippen molar-refractivity contribution in [1.82, 2.24) is 24.9 Å². The summed E-state index contributed by atoms with van der Waals surface area (Å²) in [7, 11) is 0. The van der Waals surface area contributed by atoms with Gasteiger partial charge in [0.1, 0.15) is 0 Å². The number of anilines is 1. The van der Waals surface area contributed by atoms with Gasteiger partial charge in [-0.2, -0.15) is 0 Å². The van der Waals surface area contributed by atoms with Crippen molar-refractivity contribution in [2.45, 2.75) is 50.7 Å². The van der Waals surface area contributed by atoms with E-state index in [0.29, 0.717) is 22.2 Å². The zero-order valence-electron chi connectivity index (χ0n) is 17.0. The van der Waals surface area contributed by atoms with Gasteiger partial charge in [-0.1, -0.05) is 36.7 Å². The Morgan fingerprint density at radius 3 is 2.73 bits per heavy atom. The fourth-order valence-electron chi connectivity index (χ4n) is 3.73. The second-order valence-electron chi connectivity index (χ2n) is 7.49. The lowest BCUT2D eigenvalue weighted by molar-refractivity contribution is -0.113. The summed E-state index contributed by atoms with van der Waals surface area (Å²) in [5.74, 6) is 0.304. The Bertz CT molecular complexity index is 1090. The van der Waals surface area contributed by atoms with Crippen LogP contribution >= 0.6 is 11.8 Å². The maximum Gasteiger partial charge on any atom is 0.256 e.